The summed E-state index contributed by atoms with van der Waals surface area (Å²) in [6.45, 7) is 5.03. The largest absolute Gasteiger partial charge is 0.337 e. The van der Waals surface area contributed by atoms with E-state index in [1.54, 1.807) is 5.56 Å². The molecule has 0 radical (unpaired) electrons. The normalized spacial score (nSPS) is 17.9. The molecule has 1 heterocycles. The van der Waals surface area contributed by atoms with Gasteiger partial charge in [0.15, 0.2) is 0 Å². The van der Waals surface area contributed by atoms with Crippen LogP contribution in [0.4, 0.5) is 0 Å². The van der Waals surface area contributed by atoms with E-state index in [1.807, 2.05) is 6.33 Å². The summed E-state index contributed by atoms with van der Waals surface area (Å²) in [5, 5.41) is 3.32. The summed E-state index contributed by atoms with van der Waals surface area (Å²) in [5.41, 5.74) is 4.22. The van der Waals surface area contributed by atoms with Crippen molar-refractivity contribution in [3.05, 3.63) is 53.6 Å². The first-order valence-electron chi connectivity index (χ1n) is 7.66. The molecular formula is C17H23N3. The van der Waals surface area contributed by atoms with E-state index < -0.39 is 0 Å². The Kier molecular flexibility index (Phi) is 4.16. The number of rotatable bonds is 5. The van der Waals surface area contributed by atoms with E-state index >= 15 is 0 Å². The van der Waals surface area contributed by atoms with E-state index in [4.69, 9.17) is 0 Å². The molecule has 1 aliphatic carbocycles. The second-order valence-electron chi connectivity index (χ2n) is 5.63. The lowest BCUT2D eigenvalue weighted by atomic mass is 9.83. The van der Waals surface area contributed by atoms with Gasteiger partial charge in [0, 0.05) is 25.2 Å². The lowest BCUT2D eigenvalue weighted by Gasteiger charge is -2.25. The Morgan fingerprint density at radius 1 is 1.35 bits per heavy atom. The zero-order valence-corrected chi connectivity index (χ0v) is 12.2. The lowest BCUT2D eigenvalue weighted by molar-refractivity contribution is 0.483. The molecule has 1 N–H and O–H groups in total. The summed E-state index contributed by atoms with van der Waals surface area (Å²) in [6, 6.07) is 8.91. The molecule has 106 valence electrons. The molecule has 0 saturated heterocycles. The van der Waals surface area contributed by atoms with Crippen LogP contribution in [0.25, 0.3) is 0 Å². The predicted molar refractivity (Wildman–Crippen MR) is 81.7 cm³/mol. The number of fused-ring (bicyclic) bond motifs is 1. The van der Waals surface area contributed by atoms with Gasteiger partial charge in [-0.15, -0.1) is 0 Å². The third-order valence-electron chi connectivity index (χ3n) is 4.17. The number of imidazole rings is 1. The van der Waals surface area contributed by atoms with E-state index in [0.717, 1.165) is 25.3 Å². The summed E-state index contributed by atoms with van der Waals surface area (Å²) in [5.74, 6) is 0.640. The number of aromatic nitrogens is 2. The monoisotopic (exact) mass is 269 g/mol. The Hall–Kier alpha value is -1.61. The smallest absolute Gasteiger partial charge is 0.0950 e. The first-order valence-corrected chi connectivity index (χ1v) is 7.66. The number of nitrogens with zero attached hydrogens (tertiary/aromatic N) is 2. The Morgan fingerprint density at radius 3 is 3.15 bits per heavy atom. The van der Waals surface area contributed by atoms with Gasteiger partial charge in [0.1, 0.15) is 0 Å². The van der Waals surface area contributed by atoms with Crippen LogP contribution >= 0.6 is 0 Å². The van der Waals surface area contributed by atoms with Crippen molar-refractivity contribution >= 4 is 0 Å². The van der Waals surface area contributed by atoms with Crippen molar-refractivity contribution in [2.24, 2.45) is 0 Å². The van der Waals surface area contributed by atoms with Gasteiger partial charge in [0.25, 0.3) is 0 Å². The maximum atomic E-state index is 4.48. The minimum absolute atomic E-state index is 0.640. The molecule has 1 aromatic carbocycles. The molecule has 3 heteroatoms. The zero-order valence-electron chi connectivity index (χ0n) is 12.2. The van der Waals surface area contributed by atoms with Crippen LogP contribution in [0.2, 0.25) is 0 Å². The van der Waals surface area contributed by atoms with Gasteiger partial charge in [-0.05, 0) is 36.9 Å². The number of hydrogen-bond acceptors (Lipinski definition) is 2. The average Bonchev–Trinajstić information content (AvgIpc) is 2.93. The molecule has 3 nitrogen and oxygen atoms in total. The van der Waals surface area contributed by atoms with Gasteiger partial charge in [-0.25, -0.2) is 4.98 Å². The Morgan fingerprint density at radius 2 is 2.25 bits per heavy atom. The summed E-state index contributed by atoms with van der Waals surface area (Å²) >= 11 is 0. The first-order chi connectivity index (χ1) is 9.86. The Balaban J connectivity index is 1.71. The van der Waals surface area contributed by atoms with Crippen molar-refractivity contribution in [3.8, 4) is 0 Å². The van der Waals surface area contributed by atoms with E-state index in [2.05, 4.69) is 52.3 Å². The van der Waals surface area contributed by atoms with Gasteiger partial charge in [0.2, 0.25) is 0 Å². The van der Waals surface area contributed by atoms with E-state index in [-0.39, 0.29) is 0 Å². The van der Waals surface area contributed by atoms with E-state index in [1.165, 1.54) is 24.8 Å². The molecule has 2 aromatic rings. The summed E-state index contributed by atoms with van der Waals surface area (Å²) < 4.78 is 2.25. The Labute approximate surface area is 121 Å². The SMILES string of the molecule is CCNCc1cn(CC2CCCc3ccccc32)cn1. The fraction of sp³-hybridized carbons (Fsp3) is 0.471. The minimum atomic E-state index is 0.640. The Bertz CT molecular complexity index is 559. The van der Waals surface area contributed by atoms with E-state index in [0.29, 0.717) is 5.92 Å². The highest BCUT2D eigenvalue weighted by atomic mass is 15.0. The van der Waals surface area contributed by atoms with Crippen molar-refractivity contribution in [3.63, 3.8) is 0 Å². The van der Waals surface area contributed by atoms with Crippen molar-refractivity contribution in [2.75, 3.05) is 6.54 Å². The highest BCUT2D eigenvalue weighted by Gasteiger charge is 2.20. The fourth-order valence-electron chi connectivity index (χ4n) is 3.15. The van der Waals surface area contributed by atoms with Crippen molar-refractivity contribution in [2.45, 2.75) is 45.2 Å². The molecule has 20 heavy (non-hydrogen) atoms. The molecule has 3 rings (SSSR count). The van der Waals surface area contributed by atoms with Gasteiger partial charge < -0.3 is 9.88 Å². The molecule has 1 unspecified atom stereocenters. The number of nitrogens with one attached hydrogen (secondary N) is 1. The van der Waals surface area contributed by atoms with Crippen LogP contribution in [0.3, 0.4) is 0 Å². The molecule has 0 bridgehead atoms. The zero-order chi connectivity index (χ0) is 13.8. The number of benzene rings is 1. The summed E-state index contributed by atoms with van der Waals surface area (Å²) in [4.78, 5) is 4.48. The van der Waals surface area contributed by atoms with E-state index in [9.17, 15) is 0 Å². The highest BCUT2D eigenvalue weighted by Crippen LogP contribution is 2.32. The predicted octanol–water partition coefficient (Wildman–Crippen LogP) is 3.11. The summed E-state index contributed by atoms with van der Waals surface area (Å²) in [6.07, 6.45) is 7.99. The van der Waals surface area contributed by atoms with Crippen LogP contribution in [0.1, 0.15) is 42.5 Å². The third kappa shape index (κ3) is 2.93. The second-order valence-corrected chi connectivity index (χ2v) is 5.63. The topological polar surface area (TPSA) is 29.9 Å². The van der Waals surface area contributed by atoms with Crippen LogP contribution in [0, 0.1) is 0 Å². The molecule has 1 aliphatic rings. The first kappa shape index (κ1) is 13.4. The quantitative estimate of drug-likeness (QED) is 0.904. The van der Waals surface area contributed by atoms with Crippen molar-refractivity contribution in [1.29, 1.82) is 0 Å². The van der Waals surface area contributed by atoms with Crippen LogP contribution in [-0.2, 0) is 19.5 Å². The molecule has 0 saturated carbocycles. The summed E-state index contributed by atoms with van der Waals surface area (Å²) in [7, 11) is 0. The maximum absolute atomic E-state index is 4.48. The molecule has 0 fully saturated rings. The van der Waals surface area contributed by atoms with Gasteiger partial charge in [0.05, 0.1) is 12.0 Å². The number of aryl methyl sites for hydroxylation is 1. The van der Waals surface area contributed by atoms with Crippen molar-refractivity contribution < 1.29 is 0 Å². The molecule has 1 aromatic heterocycles. The van der Waals surface area contributed by atoms with Crippen LogP contribution < -0.4 is 5.32 Å². The van der Waals surface area contributed by atoms with Gasteiger partial charge >= 0.3 is 0 Å². The highest BCUT2D eigenvalue weighted by molar-refractivity contribution is 5.32. The maximum Gasteiger partial charge on any atom is 0.0950 e. The fourth-order valence-corrected chi connectivity index (χ4v) is 3.15. The molecule has 0 amide bonds. The lowest BCUT2D eigenvalue weighted by Crippen LogP contribution is -2.15. The molecule has 1 atom stereocenters. The molecule has 0 aliphatic heterocycles. The second kappa shape index (κ2) is 6.23. The van der Waals surface area contributed by atoms with Gasteiger partial charge in [-0.1, -0.05) is 31.2 Å². The van der Waals surface area contributed by atoms with Gasteiger partial charge in [-0.3, -0.25) is 0 Å². The molecular weight excluding hydrogens is 246 g/mol. The standard InChI is InChI=1S/C17H23N3/c1-2-18-10-16-12-20(13-19-16)11-15-8-5-7-14-6-3-4-9-17(14)15/h3-4,6,9,12-13,15,18H,2,5,7-8,10-11H2,1H3. The van der Waals surface area contributed by atoms with Crippen LogP contribution in [0.5, 0.6) is 0 Å². The van der Waals surface area contributed by atoms with Crippen LogP contribution in [0.15, 0.2) is 36.8 Å². The van der Waals surface area contributed by atoms with Crippen LogP contribution in [-0.4, -0.2) is 16.1 Å². The van der Waals surface area contributed by atoms with Crippen molar-refractivity contribution in [1.82, 2.24) is 14.9 Å². The number of hydrogen-bond donors (Lipinski definition) is 1. The third-order valence-corrected chi connectivity index (χ3v) is 4.17. The molecule has 0 spiro atoms. The van der Waals surface area contributed by atoms with Gasteiger partial charge in [-0.2, -0.15) is 0 Å². The average molecular weight is 269 g/mol. The minimum Gasteiger partial charge on any atom is -0.337 e.